The zero-order chi connectivity index (χ0) is 19.0. The van der Waals surface area contributed by atoms with Gasteiger partial charge < -0.3 is 4.40 Å². The summed E-state index contributed by atoms with van der Waals surface area (Å²) in [5, 5.41) is 0. The van der Waals surface area contributed by atoms with Crippen molar-refractivity contribution in [2.45, 2.75) is 25.3 Å². The first-order chi connectivity index (χ1) is 12.9. The van der Waals surface area contributed by atoms with Crippen molar-refractivity contribution >= 4 is 15.7 Å². The van der Waals surface area contributed by atoms with E-state index in [0.29, 0.717) is 31.1 Å². The number of benzene rings is 1. The highest BCUT2D eigenvalue weighted by atomic mass is 32.2. The van der Waals surface area contributed by atoms with Crippen LogP contribution in [0.25, 0.3) is 5.65 Å². The van der Waals surface area contributed by atoms with Crippen LogP contribution >= 0.6 is 0 Å². The summed E-state index contributed by atoms with van der Waals surface area (Å²) in [6.45, 7) is 7.16. The van der Waals surface area contributed by atoms with Crippen molar-refractivity contribution in [3.05, 3.63) is 65.6 Å². The molecule has 1 aliphatic heterocycles. The molecular formula is C20H24N4O2S. The lowest BCUT2D eigenvalue weighted by molar-refractivity contribution is 0.180. The van der Waals surface area contributed by atoms with E-state index >= 15 is 0 Å². The van der Waals surface area contributed by atoms with Gasteiger partial charge in [0, 0.05) is 45.1 Å². The van der Waals surface area contributed by atoms with Gasteiger partial charge in [0.2, 0.25) is 10.0 Å². The van der Waals surface area contributed by atoms with Crippen LogP contribution in [-0.2, 0) is 16.6 Å². The van der Waals surface area contributed by atoms with Crippen LogP contribution in [0, 0.1) is 13.8 Å². The maximum absolute atomic E-state index is 12.8. The van der Waals surface area contributed by atoms with E-state index in [2.05, 4.69) is 24.1 Å². The standard InChI is InChI=1S/C20H24N4O2S/c1-16-5-7-19(8-6-16)27(25,26)24-12-10-22(11-13-24)14-18-15-23-9-3-4-17(2)20(23)21-18/h3-9,15H,10-14H2,1-2H3. The fraction of sp³-hybridized carbons (Fsp3) is 0.350. The van der Waals surface area contributed by atoms with E-state index in [1.54, 1.807) is 16.4 Å². The molecule has 1 saturated heterocycles. The number of rotatable bonds is 4. The Morgan fingerprint density at radius 3 is 2.37 bits per heavy atom. The van der Waals surface area contributed by atoms with Crippen molar-refractivity contribution in [1.82, 2.24) is 18.6 Å². The second kappa shape index (κ2) is 7.07. The third kappa shape index (κ3) is 3.63. The van der Waals surface area contributed by atoms with E-state index in [9.17, 15) is 8.42 Å². The van der Waals surface area contributed by atoms with Crippen LogP contribution in [0.3, 0.4) is 0 Å². The molecule has 1 aromatic carbocycles. The maximum atomic E-state index is 12.8. The lowest BCUT2D eigenvalue weighted by atomic mass is 10.2. The van der Waals surface area contributed by atoms with Crippen molar-refractivity contribution in [2.75, 3.05) is 26.2 Å². The molecule has 1 fully saturated rings. The molecule has 142 valence electrons. The van der Waals surface area contributed by atoms with Crippen LogP contribution in [0.4, 0.5) is 0 Å². The summed E-state index contributed by atoms with van der Waals surface area (Å²) < 4.78 is 29.3. The van der Waals surface area contributed by atoms with Crippen molar-refractivity contribution in [2.24, 2.45) is 0 Å². The molecule has 4 rings (SSSR count). The van der Waals surface area contributed by atoms with Crippen molar-refractivity contribution in [1.29, 1.82) is 0 Å². The lowest BCUT2D eigenvalue weighted by Gasteiger charge is -2.33. The highest BCUT2D eigenvalue weighted by Crippen LogP contribution is 2.19. The van der Waals surface area contributed by atoms with Gasteiger partial charge in [0.05, 0.1) is 10.6 Å². The predicted octanol–water partition coefficient (Wildman–Crippen LogP) is 2.46. The van der Waals surface area contributed by atoms with Gasteiger partial charge in [0.1, 0.15) is 5.65 Å². The normalized spacial score (nSPS) is 16.8. The number of aromatic nitrogens is 2. The van der Waals surface area contributed by atoms with Gasteiger partial charge in [-0.05, 0) is 37.6 Å². The predicted molar refractivity (Wildman–Crippen MR) is 105 cm³/mol. The number of piperazine rings is 1. The Morgan fingerprint density at radius 2 is 1.70 bits per heavy atom. The van der Waals surface area contributed by atoms with Crippen molar-refractivity contribution < 1.29 is 8.42 Å². The summed E-state index contributed by atoms with van der Waals surface area (Å²) in [7, 11) is -3.41. The fourth-order valence-corrected chi connectivity index (χ4v) is 4.92. The summed E-state index contributed by atoms with van der Waals surface area (Å²) in [6.07, 6.45) is 4.06. The van der Waals surface area contributed by atoms with Crippen molar-refractivity contribution in [3.8, 4) is 0 Å². The van der Waals surface area contributed by atoms with Gasteiger partial charge in [-0.3, -0.25) is 4.90 Å². The van der Waals surface area contributed by atoms with Gasteiger partial charge in [-0.1, -0.05) is 23.8 Å². The van der Waals surface area contributed by atoms with Gasteiger partial charge in [-0.25, -0.2) is 13.4 Å². The molecule has 7 heteroatoms. The number of sulfonamides is 1. The Morgan fingerprint density at radius 1 is 1.00 bits per heavy atom. The van der Waals surface area contributed by atoms with Crippen LogP contribution in [0.15, 0.2) is 53.7 Å². The third-order valence-electron chi connectivity index (χ3n) is 5.10. The molecule has 0 bridgehead atoms. The van der Waals surface area contributed by atoms with E-state index in [1.165, 1.54) is 0 Å². The van der Waals surface area contributed by atoms with E-state index in [0.717, 1.165) is 29.0 Å². The summed E-state index contributed by atoms with van der Waals surface area (Å²) in [4.78, 5) is 7.35. The Hall–Kier alpha value is -2.22. The molecule has 0 aliphatic carbocycles. The van der Waals surface area contributed by atoms with Gasteiger partial charge >= 0.3 is 0 Å². The first-order valence-electron chi connectivity index (χ1n) is 9.16. The lowest BCUT2D eigenvalue weighted by Crippen LogP contribution is -2.48. The van der Waals surface area contributed by atoms with Crippen LogP contribution in [0.5, 0.6) is 0 Å². The molecule has 0 atom stereocenters. The van der Waals surface area contributed by atoms with Crippen LogP contribution < -0.4 is 0 Å². The molecule has 0 amide bonds. The molecule has 0 N–H and O–H groups in total. The summed E-state index contributed by atoms with van der Waals surface area (Å²) in [6, 6.07) is 11.1. The van der Waals surface area contributed by atoms with E-state index < -0.39 is 10.0 Å². The average Bonchev–Trinajstić information content (AvgIpc) is 3.06. The Bertz CT molecular complexity index is 1050. The fourth-order valence-electron chi connectivity index (χ4n) is 3.50. The highest BCUT2D eigenvalue weighted by molar-refractivity contribution is 7.89. The smallest absolute Gasteiger partial charge is 0.243 e. The Labute approximate surface area is 160 Å². The molecule has 27 heavy (non-hydrogen) atoms. The summed E-state index contributed by atoms with van der Waals surface area (Å²) in [5.74, 6) is 0. The minimum Gasteiger partial charge on any atom is -0.307 e. The molecular weight excluding hydrogens is 360 g/mol. The number of hydrogen-bond donors (Lipinski definition) is 0. The molecule has 2 aromatic heterocycles. The number of fused-ring (bicyclic) bond motifs is 1. The molecule has 0 unspecified atom stereocenters. The number of nitrogens with zero attached hydrogens (tertiary/aromatic N) is 4. The molecule has 0 radical (unpaired) electrons. The van der Waals surface area contributed by atoms with E-state index in [1.807, 2.05) is 35.7 Å². The topological polar surface area (TPSA) is 57.9 Å². The number of pyridine rings is 1. The van der Waals surface area contributed by atoms with E-state index in [-0.39, 0.29) is 0 Å². The van der Waals surface area contributed by atoms with Crippen LogP contribution in [0.2, 0.25) is 0 Å². The molecule has 1 aliphatic rings. The minimum absolute atomic E-state index is 0.373. The van der Waals surface area contributed by atoms with Gasteiger partial charge in [-0.15, -0.1) is 0 Å². The SMILES string of the molecule is Cc1ccc(S(=O)(=O)N2CCN(Cc3cn4cccc(C)c4n3)CC2)cc1. The summed E-state index contributed by atoms with van der Waals surface area (Å²) >= 11 is 0. The van der Waals surface area contributed by atoms with Gasteiger partial charge in [0.15, 0.2) is 0 Å². The van der Waals surface area contributed by atoms with E-state index in [4.69, 9.17) is 4.98 Å². The molecule has 0 spiro atoms. The third-order valence-corrected chi connectivity index (χ3v) is 7.02. The quantitative estimate of drug-likeness (QED) is 0.693. The number of imidazole rings is 1. The van der Waals surface area contributed by atoms with Gasteiger partial charge in [-0.2, -0.15) is 4.31 Å². The van der Waals surface area contributed by atoms with Gasteiger partial charge in [0.25, 0.3) is 0 Å². The van der Waals surface area contributed by atoms with Crippen LogP contribution in [0.1, 0.15) is 16.8 Å². The molecule has 3 heterocycles. The minimum atomic E-state index is -3.41. The largest absolute Gasteiger partial charge is 0.307 e. The Kier molecular flexibility index (Phi) is 4.75. The molecule has 3 aromatic rings. The maximum Gasteiger partial charge on any atom is 0.243 e. The second-order valence-electron chi connectivity index (χ2n) is 7.15. The monoisotopic (exact) mass is 384 g/mol. The zero-order valence-corrected chi connectivity index (χ0v) is 16.5. The molecule has 6 nitrogen and oxygen atoms in total. The first-order valence-corrected chi connectivity index (χ1v) is 10.6. The first kappa shape index (κ1) is 18.2. The van der Waals surface area contributed by atoms with Crippen LogP contribution in [-0.4, -0.2) is 53.2 Å². The second-order valence-corrected chi connectivity index (χ2v) is 9.09. The van der Waals surface area contributed by atoms with Crippen molar-refractivity contribution in [3.63, 3.8) is 0 Å². The molecule has 0 saturated carbocycles. The Balaban J connectivity index is 1.42. The zero-order valence-electron chi connectivity index (χ0n) is 15.7. The average molecular weight is 385 g/mol. The summed E-state index contributed by atoms with van der Waals surface area (Å²) in [5.41, 5.74) is 4.20. The highest BCUT2D eigenvalue weighted by Gasteiger charge is 2.28. The number of aryl methyl sites for hydroxylation is 2. The number of hydrogen-bond acceptors (Lipinski definition) is 4.